The third-order valence-corrected chi connectivity index (χ3v) is 5.79. The predicted octanol–water partition coefficient (Wildman–Crippen LogP) is 3.64. The Kier molecular flexibility index (Phi) is 6.20. The molecule has 3 aromatic rings. The van der Waals surface area contributed by atoms with Gasteiger partial charge in [0, 0.05) is 37.6 Å². The molecule has 2 unspecified atom stereocenters. The zero-order valence-corrected chi connectivity index (χ0v) is 18.0. The highest BCUT2D eigenvalue weighted by Crippen LogP contribution is 2.26. The molecule has 7 nitrogen and oxygen atoms in total. The Labute approximate surface area is 185 Å². The number of aryl methyl sites for hydroxylation is 1. The quantitative estimate of drug-likeness (QED) is 0.649. The number of nitrogens with zero attached hydrogens (tertiary/aromatic N) is 5. The van der Waals surface area contributed by atoms with Crippen LogP contribution in [0.4, 0.5) is 5.82 Å². The predicted molar refractivity (Wildman–Crippen MR) is 117 cm³/mol. The summed E-state index contributed by atoms with van der Waals surface area (Å²) in [5, 5.41) is 12.3. The zero-order valence-electron chi connectivity index (χ0n) is 16.5. The van der Waals surface area contributed by atoms with E-state index in [9.17, 15) is 4.79 Å². The van der Waals surface area contributed by atoms with Crippen LogP contribution in [0.25, 0.3) is 0 Å². The first kappa shape index (κ1) is 20.6. The van der Waals surface area contributed by atoms with Crippen molar-refractivity contribution in [2.75, 3.05) is 18.0 Å². The van der Waals surface area contributed by atoms with Gasteiger partial charge in [-0.2, -0.15) is 0 Å². The summed E-state index contributed by atoms with van der Waals surface area (Å²) in [4.78, 5) is 19.8. The SMILES string of the molecule is Cn1ccnc1C(NC(=O)C1CCCN(c2ccc(Cl)nn2)C1)c1ccc(Cl)cc1. The topological polar surface area (TPSA) is 75.9 Å². The summed E-state index contributed by atoms with van der Waals surface area (Å²) in [5.41, 5.74) is 0.929. The van der Waals surface area contributed by atoms with Gasteiger partial charge in [-0.25, -0.2) is 4.98 Å². The summed E-state index contributed by atoms with van der Waals surface area (Å²) in [6.45, 7) is 1.41. The van der Waals surface area contributed by atoms with Crippen LogP contribution in [-0.2, 0) is 11.8 Å². The average Bonchev–Trinajstić information content (AvgIpc) is 3.19. The Morgan fingerprint density at radius 2 is 1.97 bits per heavy atom. The molecule has 1 N–H and O–H groups in total. The Morgan fingerprint density at radius 1 is 1.17 bits per heavy atom. The number of carbonyl (C=O) groups excluding carboxylic acids is 1. The van der Waals surface area contributed by atoms with Crippen molar-refractivity contribution < 1.29 is 4.79 Å². The Morgan fingerprint density at radius 3 is 2.63 bits per heavy atom. The van der Waals surface area contributed by atoms with Crippen LogP contribution >= 0.6 is 23.2 Å². The van der Waals surface area contributed by atoms with Gasteiger partial charge in [0.15, 0.2) is 11.0 Å². The van der Waals surface area contributed by atoms with E-state index in [0.29, 0.717) is 16.7 Å². The van der Waals surface area contributed by atoms with Gasteiger partial charge in [0.25, 0.3) is 0 Å². The van der Waals surface area contributed by atoms with E-state index in [2.05, 4.69) is 25.4 Å². The van der Waals surface area contributed by atoms with Crippen LogP contribution in [-0.4, -0.2) is 38.7 Å². The molecular weight excluding hydrogens is 423 g/mol. The van der Waals surface area contributed by atoms with Gasteiger partial charge in [0.2, 0.25) is 5.91 Å². The first-order chi connectivity index (χ1) is 14.5. The third-order valence-electron chi connectivity index (χ3n) is 5.34. The van der Waals surface area contributed by atoms with Gasteiger partial charge < -0.3 is 14.8 Å². The molecule has 0 spiro atoms. The average molecular weight is 445 g/mol. The van der Waals surface area contributed by atoms with Gasteiger partial charge in [-0.05, 0) is 42.7 Å². The van der Waals surface area contributed by atoms with Crippen LogP contribution in [0.5, 0.6) is 0 Å². The van der Waals surface area contributed by atoms with Crippen molar-refractivity contribution >= 4 is 34.9 Å². The second-order valence-corrected chi connectivity index (χ2v) is 8.21. The van der Waals surface area contributed by atoms with Crippen LogP contribution in [0.3, 0.4) is 0 Å². The number of halogens is 2. The summed E-state index contributed by atoms with van der Waals surface area (Å²) in [7, 11) is 1.92. The molecule has 4 rings (SSSR count). The molecule has 0 bridgehead atoms. The summed E-state index contributed by atoms with van der Waals surface area (Å²) >= 11 is 11.9. The second-order valence-electron chi connectivity index (χ2n) is 7.39. The molecule has 1 aliphatic heterocycles. The molecule has 2 aromatic heterocycles. The van der Waals surface area contributed by atoms with E-state index >= 15 is 0 Å². The Hall–Kier alpha value is -2.64. The number of anilines is 1. The van der Waals surface area contributed by atoms with E-state index in [1.807, 2.05) is 48.1 Å². The highest BCUT2D eigenvalue weighted by atomic mass is 35.5. The molecule has 1 saturated heterocycles. The maximum atomic E-state index is 13.2. The molecule has 156 valence electrons. The molecule has 30 heavy (non-hydrogen) atoms. The summed E-state index contributed by atoms with van der Waals surface area (Å²) < 4.78 is 1.91. The van der Waals surface area contributed by atoms with Crippen molar-refractivity contribution in [2.45, 2.75) is 18.9 Å². The van der Waals surface area contributed by atoms with Crippen molar-refractivity contribution in [3.05, 3.63) is 70.4 Å². The van der Waals surface area contributed by atoms with Crippen LogP contribution in [0.2, 0.25) is 10.2 Å². The van der Waals surface area contributed by atoms with E-state index in [4.69, 9.17) is 23.2 Å². The lowest BCUT2D eigenvalue weighted by molar-refractivity contribution is -0.125. The summed E-state index contributed by atoms with van der Waals surface area (Å²) in [6, 6.07) is 10.7. The van der Waals surface area contributed by atoms with E-state index in [0.717, 1.165) is 36.6 Å². The number of benzene rings is 1. The molecule has 2 atom stereocenters. The number of amides is 1. The van der Waals surface area contributed by atoms with Crippen molar-refractivity contribution in [3.63, 3.8) is 0 Å². The Balaban J connectivity index is 1.52. The van der Waals surface area contributed by atoms with Gasteiger partial charge in [0.05, 0.1) is 5.92 Å². The highest BCUT2D eigenvalue weighted by molar-refractivity contribution is 6.30. The van der Waals surface area contributed by atoms with Crippen molar-refractivity contribution in [2.24, 2.45) is 13.0 Å². The number of hydrogen-bond acceptors (Lipinski definition) is 5. The third kappa shape index (κ3) is 4.57. The largest absolute Gasteiger partial charge is 0.354 e. The summed E-state index contributed by atoms with van der Waals surface area (Å²) in [6.07, 6.45) is 5.31. The maximum absolute atomic E-state index is 13.2. The monoisotopic (exact) mass is 444 g/mol. The fourth-order valence-electron chi connectivity index (χ4n) is 3.74. The molecule has 1 aliphatic rings. The fourth-order valence-corrected chi connectivity index (χ4v) is 3.97. The van der Waals surface area contributed by atoms with Crippen molar-refractivity contribution in [3.8, 4) is 0 Å². The number of nitrogens with one attached hydrogen (secondary N) is 1. The van der Waals surface area contributed by atoms with Crippen LogP contribution in [0, 0.1) is 5.92 Å². The number of rotatable bonds is 5. The molecule has 0 radical (unpaired) electrons. The number of hydrogen-bond donors (Lipinski definition) is 1. The number of aromatic nitrogens is 4. The first-order valence-corrected chi connectivity index (χ1v) is 10.5. The molecule has 1 aromatic carbocycles. The van der Waals surface area contributed by atoms with Gasteiger partial charge in [0.1, 0.15) is 11.9 Å². The highest BCUT2D eigenvalue weighted by Gasteiger charge is 2.30. The first-order valence-electron chi connectivity index (χ1n) is 9.78. The second kappa shape index (κ2) is 9.02. The zero-order chi connectivity index (χ0) is 21.1. The number of piperidine rings is 1. The molecule has 0 aliphatic carbocycles. The lowest BCUT2D eigenvalue weighted by Gasteiger charge is -2.33. The standard InChI is InChI=1S/C21H22Cl2N6O/c1-28-12-10-24-20(28)19(14-4-6-16(22)7-5-14)25-21(30)15-3-2-11-29(13-15)18-9-8-17(23)26-27-18/h4-10,12,15,19H,2-3,11,13H2,1H3,(H,25,30). The van der Waals surface area contributed by atoms with Crippen LogP contribution in [0.15, 0.2) is 48.8 Å². The van der Waals surface area contributed by atoms with E-state index in [1.54, 1.807) is 12.3 Å². The summed E-state index contributed by atoms with van der Waals surface area (Å²) in [5.74, 6) is 1.33. The normalized spacial score (nSPS) is 17.6. The lowest BCUT2D eigenvalue weighted by Crippen LogP contribution is -2.44. The molecule has 1 fully saturated rings. The molecule has 0 saturated carbocycles. The smallest absolute Gasteiger partial charge is 0.225 e. The van der Waals surface area contributed by atoms with Gasteiger partial charge in [-0.3, -0.25) is 4.79 Å². The Bertz CT molecular complexity index is 1010. The van der Waals surface area contributed by atoms with Crippen molar-refractivity contribution in [1.82, 2.24) is 25.1 Å². The number of imidazole rings is 1. The molecular formula is C21H22Cl2N6O. The number of carbonyl (C=O) groups is 1. The lowest BCUT2D eigenvalue weighted by atomic mass is 9.96. The van der Waals surface area contributed by atoms with Gasteiger partial charge in [-0.1, -0.05) is 35.3 Å². The molecule has 3 heterocycles. The fraction of sp³-hybridized carbons (Fsp3) is 0.333. The minimum absolute atomic E-state index is 0.00965. The van der Waals surface area contributed by atoms with Crippen molar-refractivity contribution in [1.29, 1.82) is 0 Å². The molecule has 9 heteroatoms. The van der Waals surface area contributed by atoms with Gasteiger partial charge in [-0.15, -0.1) is 10.2 Å². The van der Waals surface area contributed by atoms with Crippen LogP contribution < -0.4 is 10.2 Å². The van der Waals surface area contributed by atoms with E-state index in [1.165, 1.54) is 0 Å². The van der Waals surface area contributed by atoms with Gasteiger partial charge >= 0.3 is 0 Å². The van der Waals surface area contributed by atoms with E-state index < -0.39 is 0 Å². The minimum atomic E-state index is -0.361. The van der Waals surface area contributed by atoms with E-state index in [-0.39, 0.29) is 17.9 Å². The molecule has 1 amide bonds. The maximum Gasteiger partial charge on any atom is 0.225 e. The minimum Gasteiger partial charge on any atom is -0.354 e. The van der Waals surface area contributed by atoms with Crippen LogP contribution in [0.1, 0.15) is 30.3 Å².